The molecule has 1 amide bonds. The quantitative estimate of drug-likeness (QED) is 0.124. The van der Waals surface area contributed by atoms with Gasteiger partial charge in [-0.2, -0.15) is 5.26 Å². The Hall–Kier alpha value is -4.23. The molecule has 37 heavy (non-hydrogen) atoms. The summed E-state index contributed by atoms with van der Waals surface area (Å²) >= 11 is 1.35. The molecule has 9 nitrogen and oxygen atoms in total. The van der Waals surface area contributed by atoms with Crippen LogP contribution in [0.1, 0.15) is 53.2 Å². The first-order valence-electron chi connectivity index (χ1n) is 11.9. The van der Waals surface area contributed by atoms with Crippen LogP contribution in [0.15, 0.2) is 46.4 Å². The van der Waals surface area contributed by atoms with Gasteiger partial charge in [-0.15, -0.1) is 11.3 Å². The zero-order chi connectivity index (χ0) is 26.5. The average molecular weight is 520 g/mol. The van der Waals surface area contributed by atoms with Crippen LogP contribution in [-0.2, 0) is 22.4 Å². The Bertz CT molecular complexity index is 1430. The van der Waals surface area contributed by atoms with Gasteiger partial charge in [0.15, 0.2) is 0 Å². The lowest BCUT2D eigenvalue weighted by molar-refractivity contribution is -0.384. The second-order valence-electron chi connectivity index (χ2n) is 8.55. The molecule has 10 heteroatoms. The number of anilines is 1. The normalized spacial score (nSPS) is 14.9. The molecule has 1 aliphatic rings. The number of amides is 1. The van der Waals surface area contributed by atoms with Gasteiger partial charge >= 0.3 is 5.97 Å². The predicted molar refractivity (Wildman–Crippen MR) is 139 cm³/mol. The number of ether oxygens (including phenoxy) is 1. The van der Waals surface area contributed by atoms with Gasteiger partial charge in [0.2, 0.25) is 0 Å². The Labute approximate surface area is 217 Å². The number of nitro groups is 1. The van der Waals surface area contributed by atoms with Crippen LogP contribution in [0.2, 0.25) is 0 Å². The fourth-order valence-electron chi connectivity index (χ4n) is 4.39. The molecule has 0 saturated carbocycles. The standard InChI is InChI=1S/C27H25N3O6S/c1-3-16-9-11-20-23(13-16)37-26(24(20)27(32)35-4-2)29-25(31)17(15-28)14-18-10-12-22(36-18)19-7-5-6-8-21(19)30(33)34/h5-8,10,12,14,16H,3-4,9,11,13H2,1-2H3,(H,29,31)/b17-14+. The van der Waals surface area contributed by atoms with Crippen molar-refractivity contribution in [1.82, 2.24) is 0 Å². The summed E-state index contributed by atoms with van der Waals surface area (Å²) in [5.41, 5.74) is 1.19. The number of carbonyl (C=O) groups excluding carboxylic acids is 2. The largest absolute Gasteiger partial charge is 0.462 e. The molecular weight excluding hydrogens is 494 g/mol. The van der Waals surface area contributed by atoms with E-state index in [0.717, 1.165) is 36.1 Å². The molecular formula is C27H25N3O6S. The minimum absolute atomic E-state index is 0.121. The molecule has 1 aliphatic carbocycles. The third-order valence-electron chi connectivity index (χ3n) is 6.30. The minimum Gasteiger partial charge on any atom is -0.462 e. The number of rotatable bonds is 8. The predicted octanol–water partition coefficient (Wildman–Crippen LogP) is 6.15. The molecule has 190 valence electrons. The molecule has 1 aromatic carbocycles. The zero-order valence-corrected chi connectivity index (χ0v) is 21.2. The summed E-state index contributed by atoms with van der Waals surface area (Å²) in [5.74, 6) is -0.248. The van der Waals surface area contributed by atoms with E-state index in [0.29, 0.717) is 16.5 Å². The molecule has 0 bridgehead atoms. The highest BCUT2D eigenvalue weighted by atomic mass is 32.1. The first-order chi connectivity index (χ1) is 17.9. The fourth-order valence-corrected chi connectivity index (χ4v) is 5.73. The molecule has 2 aromatic heterocycles. The smallest absolute Gasteiger partial charge is 0.341 e. The molecule has 4 rings (SSSR count). The molecule has 0 aliphatic heterocycles. The van der Waals surface area contributed by atoms with Crippen LogP contribution in [0.5, 0.6) is 0 Å². The lowest BCUT2D eigenvalue weighted by Crippen LogP contribution is -2.17. The topological polar surface area (TPSA) is 135 Å². The SMILES string of the molecule is CCOC(=O)c1c(NC(=O)/C(C#N)=C/c2ccc(-c3ccccc3[N+](=O)[O-])o2)sc2c1CCC(CC)C2. The van der Waals surface area contributed by atoms with E-state index in [-0.39, 0.29) is 35.0 Å². The molecule has 3 aromatic rings. The van der Waals surface area contributed by atoms with Crippen LogP contribution in [0.25, 0.3) is 17.4 Å². The number of nitro benzene ring substituents is 1. The van der Waals surface area contributed by atoms with Crippen molar-refractivity contribution in [3.8, 4) is 17.4 Å². The van der Waals surface area contributed by atoms with E-state index in [2.05, 4.69) is 12.2 Å². The van der Waals surface area contributed by atoms with E-state index >= 15 is 0 Å². The van der Waals surface area contributed by atoms with Crippen molar-refractivity contribution in [3.05, 3.63) is 73.8 Å². The molecule has 2 heterocycles. The van der Waals surface area contributed by atoms with Gasteiger partial charge in [-0.25, -0.2) is 4.79 Å². The monoisotopic (exact) mass is 519 g/mol. The number of thiophene rings is 1. The first kappa shape index (κ1) is 25.9. The highest BCUT2D eigenvalue weighted by Crippen LogP contribution is 2.41. The van der Waals surface area contributed by atoms with Crippen molar-refractivity contribution >= 4 is 40.0 Å². The molecule has 1 unspecified atom stereocenters. The van der Waals surface area contributed by atoms with Crippen molar-refractivity contribution in [2.24, 2.45) is 5.92 Å². The van der Waals surface area contributed by atoms with Crippen molar-refractivity contribution in [2.45, 2.75) is 39.5 Å². The van der Waals surface area contributed by atoms with Gasteiger partial charge in [0.05, 0.1) is 22.7 Å². The number of nitrogens with one attached hydrogen (secondary N) is 1. The number of fused-ring (bicyclic) bond motifs is 1. The Morgan fingerprint density at radius 3 is 2.78 bits per heavy atom. The number of nitrogens with zero attached hydrogens (tertiary/aromatic N) is 2. The van der Waals surface area contributed by atoms with Crippen LogP contribution >= 0.6 is 11.3 Å². The van der Waals surface area contributed by atoms with Crippen LogP contribution < -0.4 is 5.32 Å². The Morgan fingerprint density at radius 1 is 1.30 bits per heavy atom. The second-order valence-corrected chi connectivity index (χ2v) is 9.65. The van der Waals surface area contributed by atoms with E-state index in [9.17, 15) is 25.0 Å². The highest BCUT2D eigenvalue weighted by molar-refractivity contribution is 7.17. The van der Waals surface area contributed by atoms with Gasteiger partial charge in [-0.1, -0.05) is 25.5 Å². The Kier molecular flexibility index (Phi) is 7.84. The zero-order valence-electron chi connectivity index (χ0n) is 20.4. The number of esters is 1. The van der Waals surface area contributed by atoms with Gasteiger partial charge < -0.3 is 14.5 Å². The molecule has 0 spiro atoms. The van der Waals surface area contributed by atoms with Gasteiger partial charge in [-0.3, -0.25) is 14.9 Å². The van der Waals surface area contributed by atoms with Crippen molar-refractivity contribution in [3.63, 3.8) is 0 Å². The number of benzene rings is 1. The van der Waals surface area contributed by atoms with Crippen LogP contribution in [0, 0.1) is 27.4 Å². The first-order valence-corrected chi connectivity index (χ1v) is 12.8. The highest BCUT2D eigenvalue weighted by Gasteiger charge is 2.30. The minimum atomic E-state index is -0.692. The van der Waals surface area contributed by atoms with Crippen LogP contribution in [0.4, 0.5) is 10.7 Å². The molecule has 0 saturated heterocycles. The lowest BCUT2D eigenvalue weighted by Gasteiger charge is -2.20. The lowest BCUT2D eigenvalue weighted by atomic mass is 9.85. The van der Waals surface area contributed by atoms with Crippen molar-refractivity contribution < 1.29 is 23.7 Å². The van der Waals surface area contributed by atoms with E-state index in [1.54, 1.807) is 25.1 Å². The van der Waals surface area contributed by atoms with Crippen molar-refractivity contribution in [2.75, 3.05) is 11.9 Å². The average Bonchev–Trinajstić information content (AvgIpc) is 3.50. The summed E-state index contributed by atoms with van der Waals surface area (Å²) in [5, 5.41) is 24.1. The van der Waals surface area contributed by atoms with Gasteiger partial charge in [0, 0.05) is 17.0 Å². The van der Waals surface area contributed by atoms with E-state index < -0.39 is 16.8 Å². The number of carbonyl (C=O) groups is 2. The maximum Gasteiger partial charge on any atom is 0.341 e. The molecule has 1 N–H and O–H groups in total. The number of furan rings is 1. The summed E-state index contributed by atoms with van der Waals surface area (Å²) in [6, 6.07) is 11.1. The van der Waals surface area contributed by atoms with E-state index in [1.807, 2.05) is 6.07 Å². The summed E-state index contributed by atoms with van der Waals surface area (Å²) in [7, 11) is 0. The third kappa shape index (κ3) is 5.47. The van der Waals surface area contributed by atoms with Crippen LogP contribution in [-0.4, -0.2) is 23.4 Å². The Morgan fingerprint density at radius 2 is 2.08 bits per heavy atom. The number of nitriles is 1. The van der Waals surface area contributed by atoms with Crippen molar-refractivity contribution in [1.29, 1.82) is 5.26 Å². The Balaban J connectivity index is 1.62. The third-order valence-corrected chi connectivity index (χ3v) is 7.47. The van der Waals surface area contributed by atoms with Gasteiger partial charge in [-0.05, 0) is 55.9 Å². The summed E-state index contributed by atoms with van der Waals surface area (Å²) in [6.07, 6.45) is 4.82. The fraction of sp³-hybridized carbons (Fsp3) is 0.296. The molecule has 0 fully saturated rings. The summed E-state index contributed by atoms with van der Waals surface area (Å²) < 4.78 is 10.9. The molecule has 0 radical (unpaired) electrons. The number of para-hydroxylation sites is 1. The maximum atomic E-state index is 13.1. The number of hydrogen-bond acceptors (Lipinski definition) is 8. The van der Waals surface area contributed by atoms with Gasteiger partial charge in [0.1, 0.15) is 28.2 Å². The molecule has 1 atom stereocenters. The van der Waals surface area contributed by atoms with E-state index in [4.69, 9.17) is 9.15 Å². The van der Waals surface area contributed by atoms with Gasteiger partial charge in [0.25, 0.3) is 11.6 Å². The number of hydrogen-bond donors (Lipinski definition) is 1. The van der Waals surface area contributed by atoms with Crippen LogP contribution in [0.3, 0.4) is 0 Å². The van der Waals surface area contributed by atoms with E-state index in [1.165, 1.54) is 35.6 Å². The second kappa shape index (κ2) is 11.2. The summed E-state index contributed by atoms with van der Waals surface area (Å²) in [4.78, 5) is 37.7. The summed E-state index contributed by atoms with van der Waals surface area (Å²) in [6.45, 7) is 4.07. The maximum absolute atomic E-state index is 13.1.